The van der Waals surface area contributed by atoms with Crippen LogP contribution in [-0.2, 0) is 6.54 Å². The van der Waals surface area contributed by atoms with Gasteiger partial charge in [-0.2, -0.15) is 5.26 Å². The fraction of sp³-hybridized carbons (Fsp3) is 0.188. The largest absolute Gasteiger partial charge is 0.454 e. The second-order valence-corrected chi connectivity index (χ2v) is 4.79. The summed E-state index contributed by atoms with van der Waals surface area (Å²) in [7, 11) is 1.82. The number of rotatable bonds is 3. The lowest BCUT2D eigenvalue weighted by molar-refractivity contribution is 0.174. The molecule has 0 spiro atoms. The van der Waals surface area contributed by atoms with Gasteiger partial charge in [0, 0.05) is 13.6 Å². The van der Waals surface area contributed by atoms with Crippen LogP contribution < -0.4 is 14.4 Å². The molecule has 1 aliphatic heterocycles. The van der Waals surface area contributed by atoms with Crippen molar-refractivity contribution in [3.63, 3.8) is 0 Å². The number of anilines is 1. The molecule has 0 saturated heterocycles. The second-order valence-electron chi connectivity index (χ2n) is 4.79. The Labute approximate surface area is 121 Å². The number of ether oxygens (including phenoxy) is 2. The van der Waals surface area contributed by atoms with Crippen LogP contribution in [0.3, 0.4) is 0 Å². The average Bonchev–Trinajstić information content (AvgIpc) is 2.94. The lowest BCUT2D eigenvalue weighted by Gasteiger charge is -2.21. The molecule has 0 radical (unpaired) electrons. The van der Waals surface area contributed by atoms with Crippen molar-refractivity contribution in [3.05, 3.63) is 53.3 Å². The molecule has 0 saturated carbocycles. The highest BCUT2D eigenvalue weighted by Gasteiger charge is 2.15. The van der Waals surface area contributed by atoms with E-state index in [-0.39, 0.29) is 12.4 Å². The van der Waals surface area contributed by atoms with Gasteiger partial charge in [-0.25, -0.2) is 4.39 Å². The van der Waals surface area contributed by atoms with Crippen LogP contribution >= 0.6 is 0 Å². The summed E-state index contributed by atoms with van der Waals surface area (Å²) in [5, 5.41) is 9.09. The SMILES string of the molecule is CN(Cc1ccc2c(c1)OCO2)c1cccc(F)c1C#N. The molecular formula is C16H13FN2O2. The van der Waals surface area contributed by atoms with Crippen LogP contribution in [0.5, 0.6) is 11.5 Å². The summed E-state index contributed by atoms with van der Waals surface area (Å²) in [4.78, 5) is 1.83. The van der Waals surface area contributed by atoms with Crippen molar-refractivity contribution in [1.29, 1.82) is 5.26 Å². The number of nitrogens with zero attached hydrogens (tertiary/aromatic N) is 2. The maximum absolute atomic E-state index is 13.6. The minimum atomic E-state index is -0.507. The van der Waals surface area contributed by atoms with E-state index in [9.17, 15) is 4.39 Å². The standard InChI is InChI=1S/C16H13FN2O2/c1-19(14-4-2-3-13(17)12(14)8-18)9-11-5-6-15-16(7-11)21-10-20-15/h2-7H,9-10H2,1H3. The molecule has 5 heteroatoms. The summed E-state index contributed by atoms with van der Waals surface area (Å²) in [6.07, 6.45) is 0. The molecule has 0 amide bonds. The molecule has 106 valence electrons. The molecule has 0 N–H and O–H groups in total. The molecule has 2 aromatic carbocycles. The molecule has 0 bridgehead atoms. The minimum Gasteiger partial charge on any atom is -0.454 e. The third-order valence-corrected chi connectivity index (χ3v) is 3.37. The molecule has 3 rings (SSSR count). The number of halogens is 1. The summed E-state index contributed by atoms with van der Waals surface area (Å²) in [6, 6.07) is 12.2. The van der Waals surface area contributed by atoms with E-state index in [0.717, 1.165) is 11.3 Å². The molecule has 0 unspecified atom stereocenters. The number of hydrogen-bond donors (Lipinski definition) is 0. The zero-order valence-electron chi connectivity index (χ0n) is 11.5. The average molecular weight is 284 g/mol. The summed E-state index contributed by atoms with van der Waals surface area (Å²) in [6.45, 7) is 0.770. The maximum atomic E-state index is 13.6. The predicted octanol–water partition coefficient (Wildman–Crippen LogP) is 3.06. The van der Waals surface area contributed by atoms with Gasteiger partial charge in [-0.3, -0.25) is 0 Å². The van der Waals surface area contributed by atoms with Crippen LogP contribution in [0.15, 0.2) is 36.4 Å². The lowest BCUT2D eigenvalue weighted by atomic mass is 10.1. The zero-order valence-corrected chi connectivity index (χ0v) is 11.5. The van der Waals surface area contributed by atoms with Gasteiger partial charge >= 0.3 is 0 Å². The molecule has 0 aromatic heterocycles. The molecule has 1 heterocycles. The van der Waals surface area contributed by atoms with Crippen LogP contribution in [0.25, 0.3) is 0 Å². The van der Waals surface area contributed by atoms with Gasteiger partial charge in [0.05, 0.1) is 5.69 Å². The van der Waals surface area contributed by atoms with Crippen molar-refractivity contribution in [3.8, 4) is 17.6 Å². The number of nitriles is 1. The first-order valence-electron chi connectivity index (χ1n) is 6.47. The Hall–Kier alpha value is -2.74. The van der Waals surface area contributed by atoms with Gasteiger partial charge in [-0.15, -0.1) is 0 Å². The minimum absolute atomic E-state index is 0.0562. The van der Waals surface area contributed by atoms with Crippen molar-refractivity contribution in [1.82, 2.24) is 0 Å². The molecule has 4 nitrogen and oxygen atoms in total. The van der Waals surface area contributed by atoms with Crippen LogP contribution in [0.2, 0.25) is 0 Å². The van der Waals surface area contributed by atoms with Gasteiger partial charge in [0.25, 0.3) is 0 Å². The summed E-state index contributed by atoms with van der Waals surface area (Å²) < 4.78 is 24.2. The van der Waals surface area contributed by atoms with Gasteiger partial charge in [0.1, 0.15) is 17.4 Å². The van der Waals surface area contributed by atoms with E-state index in [0.29, 0.717) is 18.0 Å². The van der Waals surface area contributed by atoms with E-state index in [1.807, 2.05) is 36.2 Å². The Kier molecular flexibility index (Phi) is 3.36. The van der Waals surface area contributed by atoms with Gasteiger partial charge in [-0.1, -0.05) is 12.1 Å². The van der Waals surface area contributed by atoms with E-state index in [4.69, 9.17) is 14.7 Å². The van der Waals surface area contributed by atoms with Gasteiger partial charge in [0.2, 0.25) is 6.79 Å². The Morgan fingerprint density at radius 2 is 2.05 bits per heavy atom. The van der Waals surface area contributed by atoms with Crippen molar-refractivity contribution in [2.24, 2.45) is 0 Å². The lowest BCUT2D eigenvalue weighted by Crippen LogP contribution is -2.18. The number of benzene rings is 2. The topological polar surface area (TPSA) is 45.5 Å². The van der Waals surface area contributed by atoms with Crippen molar-refractivity contribution >= 4 is 5.69 Å². The van der Waals surface area contributed by atoms with E-state index in [1.54, 1.807) is 12.1 Å². The van der Waals surface area contributed by atoms with Crippen molar-refractivity contribution < 1.29 is 13.9 Å². The Morgan fingerprint density at radius 3 is 2.86 bits per heavy atom. The third-order valence-electron chi connectivity index (χ3n) is 3.37. The Morgan fingerprint density at radius 1 is 1.24 bits per heavy atom. The first kappa shape index (κ1) is 13.3. The number of fused-ring (bicyclic) bond motifs is 1. The highest BCUT2D eigenvalue weighted by Crippen LogP contribution is 2.33. The van der Waals surface area contributed by atoms with E-state index in [2.05, 4.69) is 0 Å². The Balaban J connectivity index is 1.85. The van der Waals surface area contributed by atoms with Crippen LogP contribution in [0, 0.1) is 17.1 Å². The van der Waals surface area contributed by atoms with E-state index in [1.165, 1.54) is 6.07 Å². The molecular weight excluding hydrogens is 271 g/mol. The summed E-state index contributed by atoms with van der Waals surface area (Å²) in [5.74, 6) is 0.929. The molecule has 0 atom stereocenters. The highest BCUT2D eigenvalue weighted by molar-refractivity contribution is 5.59. The van der Waals surface area contributed by atoms with Crippen LogP contribution in [0.1, 0.15) is 11.1 Å². The fourth-order valence-corrected chi connectivity index (χ4v) is 2.34. The number of hydrogen-bond acceptors (Lipinski definition) is 4. The smallest absolute Gasteiger partial charge is 0.231 e. The van der Waals surface area contributed by atoms with Gasteiger partial charge < -0.3 is 14.4 Å². The fourth-order valence-electron chi connectivity index (χ4n) is 2.34. The third kappa shape index (κ3) is 2.48. The van der Waals surface area contributed by atoms with E-state index >= 15 is 0 Å². The monoisotopic (exact) mass is 284 g/mol. The van der Waals surface area contributed by atoms with Gasteiger partial charge in [-0.05, 0) is 29.8 Å². The zero-order chi connectivity index (χ0) is 14.8. The van der Waals surface area contributed by atoms with Crippen LogP contribution in [0.4, 0.5) is 10.1 Å². The molecule has 0 fully saturated rings. The highest BCUT2D eigenvalue weighted by atomic mass is 19.1. The van der Waals surface area contributed by atoms with Crippen molar-refractivity contribution in [2.75, 3.05) is 18.7 Å². The van der Waals surface area contributed by atoms with Crippen LogP contribution in [-0.4, -0.2) is 13.8 Å². The Bertz CT molecular complexity index is 725. The van der Waals surface area contributed by atoms with Gasteiger partial charge in [0.15, 0.2) is 11.5 Å². The maximum Gasteiger partial charge on any atom is 0.231 e. The van der Waals surface area contributed by atoms with Crippen molar-refractivity contribution in [2.45, 2.75) is 6.54 Å². The molecule has 21 heavy (non-hydrogen) atoms. The second kappa shape index (κ2) is 5.33. The quantitative estimate of drug-likeness (QED) is 0.869. The predicted molar refractivity (Wildman–Crippen MR) is 75.8 cm³/mol. The normalized spacial score (nSPS) is 12.0. The first-order chi connectivity index (χ1) is 10.2. The molecule has 1 aliphatic rings. The molecule has 0 aliphatic carbocycles. The summed E-state index contributed by atoms with van der Waals surface area (Å²) in [5.41, 5.74) is 1.62. The molecule has 2 aromatic rings. The first-order valence-corrected chi connectivity index (χ1v) is 6.47. The summed E-state index contributed by atoms with van der Waals surface area (Å²) >= 11 is 0. The van der Waals surface area contributed by atoms with E-state index < -0.39 is 5.82 Å².